The van der Waals surface area contributed by atoms with Crippen molar-refractivity contribution in [3.8, 4) is 5.75 Å². The van der Waals surface area contributed by atoms with Crippen LogP contribution in [-0.4, -0.2) is 13.0 Å². The third-order valence-electron chi connectivity index (χ3n) is 2.59. The van der Waals surface area contributed by atoms with Crippen LogP contribution in [-0.2, 0) is 0 Å². The molecule has 0 fully saturated rings. The predicted octanol–water partition coefficient (Wildman–Crippen LogP) is 3.88. The van der Waals surface area contributed by atoms with Crippen LogP contribution in [0.3, 0.4) is 0 Å². The minimum atomic E-state index is -0.849. The van der Waals surface area contributed by atoms with E-state index in [9.17, 15) is 13.6 Å². The van der Waals surface area contributed by atoms with Crippen LogP contribution >= 0.6 is 11.6 Å². The smallest absolute Gasteiger partial charge is 0.255 e. The van der Waals surface area contributed by atoms with Gasteiger partial charge in [-0.2, -0.15) is 0 Å². The molecule has 0 aliphatic carbocycles. The monoisotopic (exact) mass is 297 g/mol. The summed E-state index contributed by atoms with van der Waals surface area (Å²) in [7, 11) is 1.45. The molecule has 6 heteroatoms. The minimum Gasteiger partial charge on any atom is -0.495 e. The van der Waals surface area contributed by atoms with Crippen molar-refractivity contribution in [2.75, 3.05) is 12.4 Å². The zero-order valence-electron chi connectivity index (χ0n) is 10.4. The Balaban J connectivity index is 2.21. The summed E-state index contributed by atoms with van der Waals surface area (Å²) in [5.41, 5.74) is 0.128. The zero-order chi connectivity index (χ0) is 14.7. The van der Waals surface area contributed by atoms with Crippen LogP contribution in [0.1, 0.15) is 10.4 Å². The van der Waals surface area contributed by atoms with Crippen LogP contribution in [0.25, 0.3) is 0 Å². The first kappa shape index (κ1) is 14.3. The maximum absolute atomic E-state index is 13.4. The SMILES string of the molecule is COc1ccc(C(=O)Nc2ccc(F)cc2F)cc1Cl. The maximum Gasteiger partial charge on any atom is 0.255 e. The molecule has 0 saturated carbocycles. The van der Waals surface area contributed by atoms with E-state index in [1.165, 1.54) is 25.3 Å². The Bertz CT molecular complexity index is 662. The maximum atomic E-state index is 13.4. The summed E-state index contributed by atoms with van der Waals surface area (Å²) in [6, 6.07) is 7.31. The highest BCUT2D eigenvalue weighted by Crippen LogP contribution is 2.25. The molecule has 0 heterocycles. The van der Waals surface area contributed by atoms with Gasteiger partial charge in [0.25, 0.3) is 5.91 Å². The number of anilines is 1. The summed E-state index contributed by atoms with van der Waals surface area (Å²) in [4.78, 5) is 11.9. The average molecular weight is 298 g/mol. The van der Waals surface area contributed by atoms with E-state index in [0.29, 0.717) is 11.8 Å². The summed E-state index contributed by atoms with van der Waals surface area (Å²) < 4.78 is 31.1. The van der Waals surface area contributed by atoms with Crippen LogP contribution in [0.2, 0.25) is 5.02 Å². The van der Waals surface area contributed by atoms with Crippen LogP contribution in [0.4, 0.5) is 14.5 Å². The molecular weight excluding hydrogens is 288 g/mol. The number of hydrogen-bond acceptors (Lipinski definition) is 2. The average Bonchev–Trinajstić information content (AvgIpc) is 2.41. The van der Waals surface area contributed by atoms with E-state index in [4.69, 9.17) is 16.3 Å². The number of methoxy groups -OCH3 is 1. The van der Waals surface area contributed by atoms with Crippen molar-refractivity contribution >= 4 is 23.2 Å². The van der Waals surface area contributed by atoms with Crippen molar-refractivity contribution in [3.05, 3.63) is 58.6 Å². The van der Waals surface area contributed by atoms with E-state index in [-0.39, 0.29) is 16.3 Å². The third-order valence-corrected chi connectivity index (χ3v) is 2.89. The van der Waals surface area contributed by atoms with Gasteiger partial charge in [0.1, 0.15) is 17.4 Å². The Kier molecular flexibility index (Phi) is 4.20. The lowest BCUT2D eigenvalue weighted by molar-refractivity contribution is 0.102. The molecule has 1 N–H and O–H groups in total. The lowest BCUT2D eigenvalue weighted by Gasteiger charge is -2.08. The van der Waals surface area contributed by atoms with Crippen molar-refractivity contribution in [1.82, 2.24) is 0 Å². The van der Waals surface area contributed by atoms with Gasteiger partial charge in [0.15, 0.2) is 0 Å². The van der Waals surface area contributed by atoms with E-state index in [1.54, 1.807) is 0 Å². The highest BCUT2D eigenvalue weighted by molar-refractivity contribution is 6.32. The molecule has 0 bridgehead atoms. The highest BCUT2D eigenvalue weighted by atomic mass is 35.5. The second-order valence-corrected chi connectivity index (χ2v) is 4.33. The molecule has 0 atom stereocenters. The molecule has 0 saturated heterocycles. The number of amides is 1. The van der Waals surface area contributed by atoms with Crippen molar-refractivity contribution < 1.29 is 18.3 Å². The largest absolute Gasteiger partial charge is 0.495 e. The van der Waals surface area contributed by atoms with Crippen molar-refractivity contribution in [3.63, 3.8) is 0 Å². The molecule has 104 valence electrons. The van der Waals surface area contributed by atoms with Gasteiger partial charge < -0.3 is 10.1 Å². The molecule has 0 radical (unpaired) electrons. The Hall–Kier alpha value is -2.14. The minimum absolute atomic E-state index is 0.108. The second-order valence-electron chi connectivity index (χ2n) is 3.93. The number of benzene rings is 2. The van der Waals surface area contributed by atoms with Gasteiger partial charge in [0.2, 0.25) is 0 Å². The number of carbonyl (C=O) groups excluding carboxylic acids is 1. The summed E-state index contributed by atoms with van der Waals surface area (Å²) >= 11 is 5.90. The van der Waals surface area contributed by atoms with Crippen molar-refractivity contribution in [2.24, 2.45) is 0 Å². The van der Waals surface area contributed by atoms with Gasteiger partial charge in [-0.1, -0.05) is 11.6 Å². The second kappa shape index (κ2) is 5.88. The molecule has 3 nitrogen and oxygen atoms in total. The van der Waals surface area contributed by atoms with E-state index in [0.717, 1.165) is 12.1 Å². The van der Waals surface area contributed by atoms with Gasteiger partial charge >= 0.3 is 0 Å². The first-order chi connectivity index (χ1) is 9.51. The lowest BCUT2D eigenvalue weighted by Crippen LogP contribution is -2.13. The van der Waals surface area contributed by atoms with E-state index >= 15 is 0 Å². The summed E-state index contributed by atoms with van der Waals surface area (Å²) in [5.74, 6) is -1.69. The molecule has 0 aliphatic heterocycles. The fourth-order valence-electron chi connectivity index (χ4n) is 1.59. The van der Waals surface area contributed by atoms with Crippen LogP contribution < -0.4 is 10.1 Å². The molecule has 20 heavy (non-hydrogen) atoms. The zero-order valence-corrected chi connectivity index (χ0v) is 11.2. The molecular formula is C14H10ClF2NO2. The molecule has 1 amide bonds. The molecule has 0 unspecified atom stereocenters. The van der Waals surface area contributed by atoms with Gasteiger partial charge in [-0.3, -0.25) is 4.79 Å². The Morgan fingerprint density at radius 3 is 2.55 bits per heavy atom. The fraction of sp³-hybridized carbons (Fsp3) is 0.0714. The van der Waals surface area contributed by atoms with Gasteiger partial charge in [-0.25, -0.2) is 8.78 Å². The van der Waals surface area contributed by atoms with E-state index in [2.05, 4.69) is 5.32 Å². The number of nitrogens with one attached hydrogen (secondary N) is 1. The first-order valence-electron chi connectivity index (χ1n) is 5.61. The standard InChI is InChI=1S/C14H10ClF2NO2/c1-20-13-5-2-8(6-10(13)15)14(19)18-12-4-3-9(16)7-11(12)17/h2-7H,1H3,(H,18,19). The summed E-state index contributed by atoms with van der Waals surface area (Å²) in [6.07, 6.45) is 0. The summed E-state index contributed by atoms with van der Waals surface area (Å²) in [5, 5.41) is 2.60. The highest BCUT2D eigenvalue weighted by Gasteiger charge is 2.12. The van der Waals surface area contributed by atoms with Gasteiger partial charge in [-0.15, -0.1) is 0 Å². The van der Waals surface area contributed by atoms with E-state index in [1.807, 2.05) is 0 Å². The first-order valence-corrected chi connectivity index (χ1v) is 5.99. The number of halogens is 3. The molecule has 0 aliphatic rings. The van der Waals surface area contributed by atoms with Gasteiger partial charge in [-0.05, 0) is 30.3 Å². The molecule has 0 aromatic heterocycles. The topological polar surface area (TPSA) is 38.3 Å². The lowest BCUT2D eigenvalue weighted by atomic mass is 10.2. The van der Waals surface area contributed by atoms with Crippen LogP contribution in [0, 0.1) is 11.6 Å². The van der Waals surface area contributed by atoms with Gasteiger partial charge in [0.05, 0.1) is 17.8 Å². The Morgan fingerprint density at radius 2 is 1.95 bits per heavy atom. The van der Waals surface area contributed by atoms with E-state index < -0.39 is 17.5 Å². The molecule has 2 aromatic rings. The molecule has 2 rings (SSSR count). The third kappa shape index (κ3) is 3.05. The summed E-state index contributed by atoms with van der Waals surface area (Å²) in [6.45, 7) is 0. The molecule has 2 aromatic carbocycles. The van der Waals surface area contributed by atoms with Crippen LogP contribution in [0.15, 0.2) is 36.4 Å². The van der Waals surface area contributed by atoms with Crippen molar-refractivity contribution in [2.45, 2.75) is 0 Å². The Labute approximate surface area is 119 Å². The molecule has 0 spiro atoms. The Morgan fingerprint density at radius 1 is 1.20 bits per heavy atom. The van der Waals surface area contributed by atoms with Crippen LogP contribution in [0.5, 0.6) is 5.75 Å². The number of hydrogen-bond donors (Lipinski definition) is 1. The van der Waals surface area contributed by atoms with Gasteiger partial charge in [0, 0.05) is 11.6 Å². The predicted molar refractivity (Wildman–Crippen MR) is 72.3 cm³/mol. The number of rotatable bonds is 3. The normalized spacial score (nSPS) is 10.2. The van der Waals surface area contributed by atoms with Crippen molar-refractivity contribution in [1.29, 1.82) is 0 Å². The quantitative estimate of drug-likeness (QED) is 0.933. The number of carbonyl (C=O) groups is 1. The fourth-order valence-corrected chi connectivity index (χ4v) is 1.85. The number of ether oxygens (including phenoxy) is 1.